The fourth-order valence-corrected chi connectivity index (χ4v) is 4.93. The number of aromatic nitrogens is 2. The molecule has 0 saturated carbocycles. The second-order valence-corrected chi connectivity index (χ2v) is 10.3. The second kappa shape index (κ2) is 7.75. The molecule has 3 aromatic rings. The number of methoxy groups -OCH3 is 1. The highest BCUT2D eigenvalue weighted by Gasteiger charge is 2.38. The number of aromatic amines is 1. The molecule has 0 saturated heterocycles. The van der Waals surface area contributed by atoms with Gasteiger partial charge >= 0.3 is 5.69 Å². The van der Waals surface area contributed by atoms with Crippen molar-refractivity contribution in [2.24, 2.45) is 0 Å². The summed E-state index contributed by atoms with van der Waals surface area (Å²) >= 11 is 0. The number of hydrogen-bond acceptors (Lipinski definition) is 3. The van der Waals surface area contributed by atoms with E-state index in [1.165, 1.54) is 12.7 Å². The summed E-state index contributed by atoms with van der Waals surface area (Å²) < 4.78 is 37.4. The van der Waals surface area contributed by atoms with E-state index < -0.39 is 17.3 Å². The first-order valence-electron chi connectivity index (χ1n) is 11.0. The number of nitrogens with one attached hydrogen (secondary N) is 1. The lowest BCUT2D eigenvalue weighted by Gasteiger charge is -2.42. The van der Waals surface area contributed by atoms with Crippen molar-refractivity contribution in [1.29, 1.82) is 0 Å². The van der Waals surface area contributed by atoms with E-state index in [4.69, 9.17) is 4.74 Å². The monoisotopic (exact) mass is 456 g/mol. The van der Waals surface area contributed by atoms with Gasteiger partial charge in [-0.1, -0.05) is 33.8 Å². The van der Waals surface area contributed by atoms with Gasteiger partial charge < -0.3 is 9.84 Å². The van der Waals surface area contributed by atoms with Gasteiger partial charge in [0.1, 0.15) is 5.82 Å². The third-order valence-corrected chi connectivity index (χ3v) is 7.03. The van der Waals surface area contributed by atoms with Crippen molar-refractivity contribution in [3.63, 3.8) is 0 Å². The lowest BCUT2D eigenvalue weighted by molar-refractivity contribution is 0.332. The maximum absolute atomic E-state index is 15.9. The van der Waals surface area contributed by atoms with Crippen molar-refractivity contribution >= 4 is 0 Å². The topological polar surface area (TPSA) is 67.2 Å². The number of H-pyrrole nitrogens is 1. The molecule has 7 heteroatoms. The predicted molar refractivity (Wildman–Crippen MR) is 124 cm³/mol. The Kier molecular flexibility index (Phi) is 5.42. The number of nitrogens with zero attached hydrogens (tertiary/aromatic N) is 1. The number of fused-ring (bicyclic) bond motifs is 1. The van der Waals surface area contributed by atoms with Crippen molar-refractivity contribution in [1.82, 2.24) is 9.55 Å². The number of aromatic hydroxyl groups is 1. The van der Waals surface area contributed by atoms with E-state index in [-0.39, 0.29) is 40.1 Å². The van der Waals surface area contributed by atoms with Gasteiger partial charge in [0.2, 0.25) is 5.88 Å². The molecule has 1 aliphatic rings. The van der Waals surface area contributed by atoms with Crippen LogP contribution in [0.4, 0.5) is 8.78 Å². The minimum Gasteiger partial charge on any atom is -0.493 e. The van der Waals surface area contributed by atoms with Crippen molar-refractivity contribution in [2.45, 2.75) is 64.8 Å². The number of imidazole rings is 1. The number of ether oxygens (including phenoxy) is 1. The molecule has 0 radical (unpaired) electrons. The molecule has 33 heavy (non-hydrogen) atoms. The Hall–Kier alpha value is -3.09. The molecule has 4 rings (SSSR count). The number of rotatable bonds is 4. The van der Waals surface area contributed by atoms with Gasteiger partial charge in [-0.3, -0.25) is 9.55 Å². The van der Waals surface area contributed by atoms with E-state index in [9.17, 15) is 9.90 Å². The molecular weight excluding hydrogens is 426 g/mol. The predicted octanol–water partition coefficient (Wildman–Crippen LogP) is 5.54. The Morgan fingerprint density at radius 1 is 1.09 bits per heavy atom. The maximum Gasteiger partial charge on any atom is 0.328 e. The van der Waals surface area contributed by atoms with E-state index in [0.29, 0.717) is 5.56 Å². The highest BCUT2D eigenvalue weighted by atomic mass is 19.1. The molecule has 0 bridgehead atoms. The quantitative estimate of drug-likeness (QED) is 0.542. The average molecular weight is 457 g/mol. The largest absolute Gasteiger partial charge is 0.493 e. The van der Waals surface area contributed by atoms with Crippen LogP contribution in [0.5, 0.6) is 11.6 Å². The van der Waals surface area contributed by atoms with Crippen LogP contribution < -0.4 is 10.4 Å². The fraction of sp³-hybridized carbons (Fsp3) is 0.423. The molecule has 0 spiro atoms. The summed E-state index contributed by atoms with van der Waals surface area (Å²) in [6.45, 7) is 10.4. The van der Waals surface area contributed by atoms with E-state index >= 15 is 8.78 Å². The molecule has 2 N–H and O–H groups in total. The van der Waals surface area contributed by atoms with Crippen LogP contribution in [0.1, 0.15) is 62.8 Å². The van der Waals surface area contributed by atoms with Crippen LogP contribution in [-0.2, 0) is 17.4 Å². The molecule has 176 valence electrons. The van der Waals surface area contributed by atoms with E-state index in [0.717, 1.165) is 40.8 Å². The molecule has 0 unspecified atom stereocenters. The first-order chi connectivity index (χ1) is 15.4. The Labute approximate surface area is 192 Å². The Bertz CT molecular complexity index is 1300. The zero-order valence-corrected chi connectivity index (χ0v) is 19.9. The van der Waals surface area contributed by atoms with Crippen LogP contribution in [0.15, 0.2) is 29.2 Å². The molecular formula is C26H30F2N2O3. The SMILES string of the molecule is COc1c(F)cc(Cn2cc(O)[nH]c2=O)c(F)c1-c1cc2c(cc1C)C(C)(C)CCC2(C)C. The Morgan fingerprint density at radius 3 is 2.24 bits per heavy atom. The Morgan fingerprint density at radius 2 is 1.70 bits per heavy atom. The fourth-order valence-electron chi connectivity index (χ4n) is 4.93. The number of hydrogen-bond donors (Lipinski definition) is 2. The average Bonchev–Trinajstić information content (AvgIpc) is 3.04. The summed E-state index contributed by atoms with van der Waals surface area (Å²) in [6.07, 6.45) is 3.19. The van der Waals surface area contributed by atoms with Gasteiger partial charge in [0.15, 0.2) is 11.6 Å². The molecule has 0 amide bonds. The van der Waals surface area contributed by atoms with Crippen LogP contribution in [0, 0.1) is 18.6 Å². The maximum atomic E-state index is 15.9. The summed E-state index contributed by atoms with van der Waals surface area (Å²) in [5.41, 5.74) is 3.04. The summed E-state index contributed by atoms with van der Waals surface area (Å²) in [7, 11) is 1.32. The zero-order valence-electron chi connectivity index (χ0n) is 19.9. The molecule has 5 nitrogen and oxygen atoms in total. The van der Waals surface area contributed by atoms with E-state index in [2.05, 4.69) is 38.7 Å². The van der Waals surface area contributed by atoms with Gasteiger partial charge in [0, 0.05) is 5.56 Å². The smallest absolute Gasteiger partial charge is 0.328 e. The minimum absolute atomic E-state index is 0.0126. The Balaban J connectivity index is 1.96. The van der Waals surface area contributed by atoms with Gasteiger partial charge in [0.25, 0.3) is 0 Å². The molecule has 0 atom stereocenters. The van der Waals surface area contributed by atoms with E-state index in [1.54, 1.807) is 0 Å². The van der Waals surface area contributed by atoms with Gasteiger partial charge in [-0.25, -0.2) is 13.6 Å². The summed E-state index contributed by atoms with van der Waals surface area (Å²) in [6, 6.07) is 5.10. The number of aryl methyl sites for hydroxylation is 1. The molecule has 2 aromatic carbocycles. The van der Waals surface area contributed by atoms with Crippen molar-refractivity contribution in [3.05, 3.63) is 68.8 Å². The van der Waals surface area contributed by atoms with Crippen LogP contribution in [0.25, 0.3) is 11.1 Å². The molecule has 0 aliphatic heterocycles. The summed E-state index contributed by atoms with van der Waals surface area (Å²) in [5.74, 6) is -1.88. The van der Waals surface area contributed by atoms with E-state index in [1.807, 2.05) is 13.0 Å². The molecule has 1 heterocycles. The normalized spacial score (nSPS) is 16.5. The van der Waals surface area contributed by atoms with Gasteiger partial charge in [-0.05, 0) is 65.0 Å². The van der Waals surface area contributed by atoms with Gasteiger partial charge in [0.05, 0.1) is 25.4 Å². The zero-order chi connectivity index (χ0) is 24.3. The van der Waals surface area contributed by atoms with Crippen LogP contribution >= 0.6 is 0 Å². The number of benzene rings is 2. The summed E-state index contributed by atoms with van der Waals surface area (Å²) in [4.78, 5) is 14.2. The van der Waals surface area contributed by atoms with Gasteiger partial charge in [-0.15, -0.1) is 0 Å². The van der Waals surface area contributed by atoms with Crippen LogP contribution in [-0.4, -0.2) is 21.8 Å². The first-order valence-corrected chi connectivity index (χ1v) is 11.0. The molecule has 0 fully saturated rings. The van der Waals surface area contributed by atoms with Crippen molar-refractivity contribution in [2.75, 3.05) is 7.11 Å². The van der Waals surface area contributed by atoms with Crippen LogP contribution in [0.2, 0.25) is 0 Å². The molecule has 1 aromatic heterocycles. The van der Waals surface area contributed by atoms with Crippen molar-refractivity contribution in [3.8, 4) is 22.8 Å². The van der Waals surface area contributed by atoms with Crippen molar-refractivity contribution < 1.29 is 18.6 Å². The summed E-state index contributed by atoms with van der Waals surface area (Å²) in [5, 5.41) is 9.53. The van der Waals surface area contributed by atoms with Crippen LogP contribution in [0.3, 0.4) is 0 Å². The molecule has 1 aliphatic carbocycles. The lowest BCUT2D eigenvalue weighted by atomic mass is 9.62. The standard InChI is InChI=1S/C26H30F2N2O3/c1-14-9-17-18(26(4,5)8-7-25(17,2)3)11-16(14)21-22(28)15(10-19(27)23(21)33-6)12-30-13-20(31)29-24(30)32/h9-11,13,31H,7-8,12H2,1-6H3,(H,29,32). The second-order valence-electron chi connectivity index (χ2n) is 10.3. The minimum atomic E-state index is -0.714. The number of halogens is 2. The lowest BCUT2D eigenvalue weighted by Crippen LogP contribution is -2.34. The highest BCUT2D eigenvalue weighted by Crippen LogP contribution is 2.49. The van der Waals surface area contributed by atoms with Gasteiger partial charge in [-0.2, -0.15) is 0 Å². The highest BCUT2D eigenvalue weighted by molar-refractivity contribution is 5.77. The third kappa shape index (κ3) is 3.83. The first kappa shape index (κ1) is 23.1. The third-order valence-electron chi connectivity index (χ3n) is 7.03.